The molecule has 20 heavy (non-hydrogen) atoms. The van der Waals surface area contributed by atoms with E-state index in [9.17, 15) is 10.1 Å². The highest BCUT2D eigenvalue weighted by atomic mass is 16.6. The largest absolute Gasteiger partial charge is 0.357 e. The number of hydrogen-bond donors (Lipinski definition) is 1. The molecular weight excluding hydrogens is 260 g/mol. The van der Waals surface area contributed by atoms with E-state index in [1.165, 1.54) is 6.20 Å². The second kappa shape index (κ2) is 5.20. The molecule has 1 saturated heterocycles. The predicted octanol–water partition coefficient (Wildman–Crippen LogP) is 0.957. The van der Waals surface area contributed by atoms with E-state index in [0.717, 1.165) is 6.54 Å². The summed E-state index contributed by atoms with van der Waals surface area (Å²) in [7, 11) is 3.75. The van der Waals surface area contributed by atoms with Gasteiger partial charge in [-0.15, -0.1) is 0 Å². The highest BCUT2D eigenvalue weighted by Gasteiger charge is 2.34. The fraction of sp³-hybridized carbons (Fsp3) is 0.667. The SMILES string of the molecule is CNc1ncc([N+](=O)[O-])c(N2CCN(C)C(C)(C)C2)n1. The first-order valence-corrected chi connectivity index (χ1v) is 6.50. The molecule has 8 heteroatoms. The summed E-state index contributed by atoms with van der Waals surface area (Å²) >= 11 is 0. The molecule has 0 radical (unpaired) electrons. The van der Waals surface area contributed by atoms with Crippen LogP contribution in [0.15, 0.2) is 6.20 Å². The van der Waals surface area contributed by atoms with E-state index in [1.807, 2.05) is 4.90 Å². The van der Waals surface area contributed by atoms with Crippen molar-refractivity contribution in [3.63, 3.8) is 0 Å². The Hall–Kier alpha value is -1.96. The molecule has 0 atom stereocenters. The van der Waals surface area contributed by atoms with E-state index >= 15 is 0 Å². The molecule has 1 aromatic rings. The number of nitro groups is 1. The van der Waals surface area contributed by atoms with Crippen molar-refractivity contribution in [3.05, 3.63) is 16.3 Å². The molecule has 0 aliphatic carbocycles. The Kier molecular flexibility index (Phi) is 3.76. The maximum absolute atomic E-state index is 11.2. The lowest BCUT2D eigenvalue weighted by atomic mass is 10.00. The van der Waals surface area contributed by atoms with E-state index in [0.29, 0.717) is 24.9 Å². The Morgan fingerprint density at radius 3 is 2.70 bits per heavy atom. The fourth-order valence-corrected chi connectivity index (χ4v) is 2.27. The van der Waals surface area contributed by atoms with Crippen LogP contribution < -0.4 is 10.2 Å². The maximum Gasteiger partial charge on any atom is 0.329 e. The summed E-state index contributed by atoms with van der Waals surface area (Å²) < 4.78 is 0. The lowest BCUT2D eigenvalue weighted by Gasteiger charge is -2.45. The van der Waals surface area contributed by atoms with E-state index in [-0.39, 0.29) is 11.2 Å². The first-order chi connectivity index (χ1) is 9.35. The molecule has 0 aromatic carbocycles. The Morgan fingerprint density at radius 2 is 2.15 bits per heavy atom. The number of likely N-dealkylation sites (N-methyl/N-ethyl adjacent to an activating group) is 1. The van der Waals surface area contributed by atoms with Gasteiger partial charge in [0.1, 0.15) is 6.20 Å². The quantitative estimate of drug-likeness (QED) is 0.651. The third-order valence-corrected chi connectivity index (χ3v) is 3.79. The Morgan fingerprint density at radius 1 is 1.45 bits per heavy atom. The van der Waals surface area contributed by atoms with Crippen LogP contribution in [0.1, 0.15) is 13.8 Å². The molecule has 8 nitrogen and oxygen atoms in total. The van der Waals surface area contributed by atoms with Crippen molar-refractivity contribution in [1.82, 2.24) is 14.9 Å². The number of nitrogens with zero attached hydrogens (tertiary/aromatic N) is 5. The fourth-order valence-electron chi connectivity index (χ4n) is 2.27. The summed E-state index contributed by atoms with van der Waals surface area (Å²) in [4.78, 5) is 23.1. The van der Waals surface area contributed by atoms with Gasteiger partial charge in [0.25, 0.3) is 0 Å². The van der Waals surface area contributed by atoms with Crippen molar-refractivity contribution in [2.24, 2.45) is 0 Å². The molecule has 0 saturated carbocycles. The van der Waals surface area contributed by atoms with Crippen LogP contribution in [0, 0.1) is 10.1 Å². The summed E-state index contributed by atoms with van der Waals surface area (Å²) in [5, 5.41) is 14.0. The summed E-state index contributed by atoms with van der Waals surface area (Å²) in [5.74, 6) is 0.776. The zero-order chi connectivity index (χ0) is 14.9. The van der Waals surface area contributed by atoms with Crippen molar-refractivity contribution in [2.45, 2.75) is 19.4 Å². The smallest absolute Gasteiger partial charge is 0.329 e. The molecule has 2 rings (SSSR count). The zero-order valence-corrected chi connectivity index (χ0v) is 12.3. The summed E-state index contributed by atoms with van der Waals surface area (Å²) in [5.41, 5.74) is -0.110. The average Bonchev–Trinajstić information content (AvgIpc) is 2.41. The topological polar surface area (TPSA) is 87.4 Å². The van der Waals surface area contributed by atoms with E-state index in [2.05, 4.69) is 41.1 Å². The van der Waals surface area contributed by atoms with Gasteiger partial charge in [0.2, 0.25) is 11.8 Å². The van der Waals surface area contributed by atoms with Gasteiger partial charge in [-0.3, -0.25) is 15.0 Å². The predicted molar refractivity (Wildman–Crippen MR) is 77.2 cm³/mol. The molecule has 1 aliphatic rings. The summed E-state index contributed by atoms with van der Waals surface area (Å²) in [6, 6.07) is 0. The second-order valence-corrected chi connectivity index (χ2v) is 5.57. The van der Waals surface area contributed by atoms with Gasteiger partial charge in [0.05, 0.1) is 4.92 Å². The van der Waals surface area contributed by atoms with Crippen LogP contribution in [0.3, 0.4) is 0 Å². The van der Waals surface area contributed by atoms with Crippen molar-refractivity contribution in [3.8, 4) is 0 Å². The highest BCUT2D eigenvalue weighted by Crippen LogP contribution is 2.30. The number of hydrogen-bond acceptors (Lipinski definition) is 7. The standard InChI is InChI=1S/C12H20N6O2/c1-12(2)8-17(6-5-16(12)4)10-9(18(19)20)7-14-11(13-3)15-10/h7H,5-6,8H2,1-4H3,(H,13,14,15). The molecule has 1 fully saturated rings. The Bertz CT molecular complexity index is 519. The lowest BCUT2D eigenvalue weighted by molar-refractivity contribution is -0.384. The monoisotopic (exact) mass is 280 g/mol. The van der Waals surface area contributed by atoms with Crippen molar-refractivity contribution in [1.29, 1.82) is 0 Å². The van der Waals surface area contributed by atoms with Crippen LogP contribution in [0.2, 0.25) is 0 Å². The van der Waals surface area contributed by atoms with Crippen LogP contribution in [0.5, 0.6) is 0 Å². The highest BCUT2D eigenvalue weighted by molar-refractivity contribution is 5.59. The van der Waals surface area contributed by atoms with Gasteiger partial charge in [-0.25, -0.2) is 4.98 Å². The van der Waals surface area contributed by atoms with Crippen LogP contribution in [0.25, 0.3) is 0 Å². The minimum Gasteiger partial charge on any atom is -0.357 e. The van der Waals surface area contributed by atoms with Gasteiger partial charge in [0, 0.05) is 32.2 Å². The Labute approximate surface area is 118 Å². The van der Waals surface area contributed by atoms with E-state index < -0.39 is 4.92 Å². The minimum atomic E-state index is -0.430. The summed E-state index contributed by atoms with van der Waals surface area (Å²) in [6.07, 6.45) is 1.26. The van der Waals surface area contributed by atoms with Gasteiger partial charge in [-0.2, -0.15) is 4.98 Å². The van der Waals surface area contributed by atoms with E-state index in [1.54, 1.807) is 7.05 Å². The molecular formula is C12H20N6O2. The van der Waals surface area contributed by atoms with Crippen LogP contribution in [-0.2, 0) is 0 Å². The maximum atomic E-state index is 11.2. The molecule has 2 heterocycles. The number of anilines is 2. The first-order valence-electron chi connectivity index (χ1n) is 6.50. The van der Waals surface area contributed by atoms with E-state index in [4.69, 9.17) is 0 Å². The lowest BCUT2D eigenvalue weighted by Crippen LogP contribution is -2.58. The number of piperazine rings is 1. The molecule has 1 aliphatic heterocycles. The molecule has 1 aromatic heterocycles. The molecule has 0 amide bonds. The third-order valence-electron chi connectivity index (χ3n) is 3.79. The van der Waals surface area contributed by atoms with Crippen molar-refractivity contribution in [2.75, 3.05) is 43.9 Å². The molecule has 0 bridgehead atoms. The van der Waals surface area contributed by atoms with Crippen molar-refractivity contribution >= 4 is 17.5 Å². The van der Waals surface area contributed by atoms with Gasteiger partial charge in [-0.1, -0.05) is 0 Å². The van der Waals surface area contributed by atoms with Crippen LogP contribution in [-0.4, -0.2) is 59.1 Å². The third kappa shape index (κ3) is 2.64. The average molecular weight is 280 g/mol. The second-order valence-electron chi connectivity index (χ2n) is 5.57. The minimum absolute atomic E-state index is 0.0515. The van der Waals surface area contributed by atoms with Crippen molar-refractivity contribution < 1.29 is 4.92 Å². The number of nitrogens with one attached hydrogen (secondary N) is 1. The molecule has 110 valence electrons. The van der Waals surface area contributed by atoms with Gasteiger partial charge >= 0.3 is 5.69 Å². The van der Waals surface area contributed by atoms with Gasteiger partial charge < -0.3 is 10.2 Å². The molecule has 0 unspecified atom stereocenters. The number of aromatic nitrogens is 2. The first kappa shape index (κ1) is 14.4. The zero-order valence-electron chi connectivity index (χ0n) is 12.3. The normalized spacial score (nSPS) is 18.9. The molecule has 0 spiro atoms. The van der Waals surface area contributed by atoms with Gasteiger partial charge in [-0.05, 0) is 20.9 Å². The Balaban J connectivity index is 2.38. The van der Waals surface area contributed by atoms with Crippen LogP contribution >= 0.6 is 0 Å². The van der Waals surface area contributed by atoms with Gasteiger partial charge in [0.15, 0.2) is 0 Å². The van der Waals surface area contributed by atoms with Crippen LogP contribution in [0.4, 0.5) is 17.5 Å². The number of rotatable bonds is 3. The molecule has 1 N–H and O–H groups in total. The summed E-state index contributed by atoms with van der Waals surface area (Å²) in [6.45, 7) is 6.46.